The number of rotatable bonds is 4. The number of benzene rings is 1. The highest BCUT2D eigenvalue weighted by molar-refractivity contribution is 7.84. The van der Waals surface area contributed by atoms with E-state index in [9.17, 15) is 13.4 Å². The number of nitrogens with zero attached hydrogens (tertiary/aromatic N) is 2. The Morgan fingerprint density at radius 1 is 1.29 bits per heavy atom. The van der Waals surface area contributed by atoms with E-state index < -0.39 is 16.0 Å². The van der Waals surface area contributed by atoms with Gasteiger partial charge in [-0.05, 0) is 25.1 Å². The van der Waals surface area contributed by atoms with E-state index in [-0.39, 0.29) is 17.1 Å². The molecule has 2 atom stereocenters. The van der Waals surface area contributed by atoms with Crippen molar-refractivity contribution in [2.75, 3.05) is 0 Å². The Balaban J connectivity index is 1.89. The highest BCUT2D eigenvalue weighted by Crippen LogP contribution is 2.23. The van der Waals surface area contributed by atoms with Gasteiger partial charge in [0.25, 0.3) is 5.56 Å². The minimum absolute atomic E-state index is 0.0733. The molecule has 2 heterocycles. The monoisotopic (exact) mass is 364 g/mol. The van der Waals surface area contributed by atoms with Crippen LogP contribution >= 0.6 is 11.6 Å². The smallest absolute Gasteiger partial charge is 0.258 e. The first kappa shape index (κ1) is 16.8. The third kappa shape index (κ3) is 3.39. The summed E-state index contributed by atoms with van der Waals surface area (Å²) in [4.78, 5) is 16.5. The van der Waals surface area contributed by atoms with Crippen LogP contribution in [0.3, 0.4) is 0 Å². The Morgan fingerprint density at radius 3 is 2.79 bits per heavy atom. The molecule has 0 saturated carbocycles. The summed E-state index contributed by atoms with van der Waals surface area (Å²) in [5.74, 6) is -0.316. The van der Waals surface area contributed by atoms with Gasteiger partial charge in [-0.2, -0.15) is 0 Å². The van der Waals surface area contributed by atoms with Gasteiger partial charge in [0.05, 0.1) is 21.7 Å². The molecule has 2 aromatic heterocycles. The van der Waals surface area contributed by atoms with Crippen LogP contribution in [0.2, 0.25) is 5.02 Å². The predicted molar refractivity (Wildman–Crippen MR) is 93.1 cm³/mol. The highest BCUT2D eigenvalue weighted by atomic mass is 35.5. The van der Waals surface area contributed by atoms with Crippen molar-refractivity contribution in [3.05, 3.63) is 81.1 Å². The number of hydrogen-bond donors (Lipinski definition) is 0. The van der Waals surface area contributed by atoms with E-state index in [1.54, 1.807) is 37.3 Å². The first-order valence-corrected chi connectivity index (χ1v) is 9.01. The molecule has 0 fully saturated rings. The molecule has 0 aliphatic heterocycles. The van der Waals surface area contributed by atoms with Crippen LogP contribution in [0.1, 0.15) is 23.4 Å². The lowest BCUT2D eigenvalue weighted by Gasteiger charge is -2.12. The van der Waals surface area contributed by atoms with Crippen molar-refractivity contribution >= 4 is 28.0 Å². The van der Waals surface area contributed by atoms with Crippen molar-refractivity contribution in [3.8, 4) is 0 Å². The van der Waals surface area contributed by atoms with Gasteiger partial charge in [-0.1, -0.05) is 29.8 Å². The average Bonchev–Trinajstić information content (AvgIpc) is 2.55. The van der Waals surface area contributed by atoms with Gasteiger partial charge in [0.15, 0.2) is 0 Å². The van der Waals surface area contributed by atoms with Gasteiger partial charge in [0.1, 0.15) is 11.5 Å². The predicted octanol–water partition coefficient (Wildman–Crippen LogP) is 3.50. The normalized spacial score (nSPS) is 13.8. The van der Waals surface area contributed by atoms with Crippen LogP contribution < -0.4 is 5.56 Å². The Hall–Kier alpha value is -2.05. The van der Waals surface area contributed by atoms with Crippen LogP contribution in [0.5, 0.6) is 0 Å². The minimum atomic E-state index is -1.41. The molecule has 0 spiro atoms. The topological polar surface area (TPSA) is 51.4 Å². The fourth-order valence-electron chi connectivity index (χ4n) is 2.42. The summed E-state index contributed by atoms with van der Waals surface area (Å²) in [6.07, 6.45) is 1.48. The molecular formula is C17H14ClFN2O2S. The first-order chi connectivity index (χ1) is 11.5. The van der Waals surface area contributed by atoms with Gasteiger partial charge >= 0.3 is 0 Å². The van der Waals surface area contributed by atoms with Crippen LogP contribution in [0.15, 0.2) is 53.5 Å². The van der Waals surface area contributed by atoms with E-state index in [1.807, 2.05) is 0 Å². The van der Waals surface area contributed by atoms with Crippen LogP contribution in [0.25, 0.3) is 5.65 Å². The standard InChI is InChI=1S/C17H14ClFN2O2S/c1-11(14-4-2-3-5-15(14)19)24(23)10-13-8-17(22)21-9-12(18)6-7-16(21)20-13/h2-9,11H,10H2,1H3/t11-,24-/m1/s1. The van der Waals surface area contributed by atoms with E-state index in [4.69, 9.17) is 11.6 Å². The lowest BCUT2D eigenvalue weighted by molar-refractivity contribution is 0.606. The summed E-state index contributed by atoms with van der Waals surface area (Å²) < 4.78 is 27.7. The zero-order chi connectivity index (χ0) is 17.3. The van der Waals surface area contributed by atoms with Gasteiger partial charge < -0.3 is 0 Å². The van der Waals surface area contributed by atoms with Gasteiger partial charge in [-0.15, -0.1) is 0 Å². The van der Waals surface area contributed by atoms with Crippen LogP contribution in [-0.2, 0) is 16.6 Å². The molecule has 24 heavy (non-hydrogen) atoms. The van der Waals surface area contributed by atoms with Crippen molar-refractivity contribution < 1.29 is 8.60 Å². The van der Waals surface area contributed by atoms with Crippen molar-refractivity contribution in [1.82, 2.24) is 9.38 Å². The fourth-order valence-corrected chi connectivity index (χ4v) is 3.74. The molecule has 4 nitrogen and oxygen atoms in total. The fraction of sp³-hybridized carbons (Fsp3) is 0.176. The molecule has 0 radical (unpaired) electrons. The number of halogens is 2. The van der Waals surface area contributed by atoms with Crippen molar-refractivity contribution in [2.45, 2.75) is 17.9 Å². The van der Waals surface area contributed by atoms with Crippen molar-refractivity contribution in [1.29, 1.82) is 0 Å². The Bertz CT molecular complexity index is 990. The van der Waals surface area contributed by atoms with E-state index in [0.29, 0.717) is 21.9 Å². The number of pyridine rings is 1. The van der Waals surface area contributed by atoms with Gasteiger partial charge in [0.2, 0.25) is 0 Å². The molecule has 0 amide bonds. The van der Waals surface area contributed by atoms with Crippen LogP contribution in [0, 0.1) is 5.82 Å². The summed E-state index contributed by atoms with van der Waals surface area (Å²) >= 11 is 5.87. The van der Waals surface area contributed by atoms with E-state index >= 15 is 0 Å². The number of hydrogen-bond acceptors (Lipinski definition) is 3. The second kappa shape index (κ2) is 6.83. The van der Waals surface area contributed by atoms with E-state index in [1.165, 1.54) is 22.7 Å². The second-order valence-corrected chi connectivity index (χ2v) is 7.54. The molecule has 0 N–H and O–H groups in total. The lowest BCUT2D eigenvalue weighted by Crippen LogP contribution is -2.17. The molecule has 0 bridgehead atoms. The molecule has 3 rings (SSSR count). The molecule has 1 aromatic carbocycles. The minimum Gasteiger partial charge on any atom is -0.269 e. The van der Waals surface area contributed by atoms with Gasteiger partial charge in [-0.25, -0.2) is 9.37 Å². The maximum atomic E-state index is 13.8. The Morgan fingerprint density at radius 2 is 2.04 bits per heavy atom. The van der Waals surface area contributed by atoms with Gasteiger partial charge in [-0.3, -0.25) is 13.4 Å². The average molecular weight is 365 g/mol. The summed E-state index contributed by atoms with van der Waals surface area (Å²) in [7, 11) is -1.41. The lowest BCUT2D eigenvalue weighted by atomic mass is 10.1. The highest BCUT2D eigenvalue weighted by Gasteiger charge is 2.18. The maximum absolute atomic E-state index is 13.8. The summed E-state index contributed by atoms with van der Waals surface area (Å²) in [6.45, 7) is 1.70. The molecule has 0 unspecified atom stereocenters. The third-order valence-electron chi connectivity index (χ3n) is 3.70. The summed E-state index contributed by atoms with van der Waals surface area (Å²) in [6, 6.07) is 10.8. The quantitative estimate of drug-likeness (QED) is 0.712. The first-order valence-electron chi connectivity index (χ1n) is 7.25. The molecule has 0 aliphatic rings. The van der Waals surface area contributed by atoms with Gasteiger partial charge in [0, 0.05) is 28.6 Å². The summed E-state index contributed by atoms with van der Waals surface area (Å²) in [5.41, 5.74) is 0.925. The number of aromatic nitrogens is 2. The summed E-state index contributed by atoms with van der Waals surface area (Å²) in [5, 5.41) is -0.0763. The molecule has 0 aliphatic carbocycles. The van der Waals surface area contributed by atoms with Crippen molar-refractivity contribution in [3.63, 3.8) is 0 Å². The Kier molecular flexibility index (Phi) is 4.78. The van der Waals surface area contributed by atoms with E-state index in [2.05, 4.69) is 4.98 Å². The number of fused-ring (bicyclic) bond motifs is 1. The van der Waals surface area contributed by atoms with E-state index in [0.717, 1.165) is 0 Å². The molecule has 124 valence electrons. The Labute approximate surface area is 145 Å². The van der Waals surface area contributed by atoms with Crippen LogP contribution in [-0.4, -0.2) is 13.6 Å². The maximum Gasteiger partial charge on any atom is 0.258 e. The SMILES string of the molecule is C[C@H](c1ccccc1F)[S@](=O)Cc1cc(=O)n2cc(Cl)ccc2n1. The van der Waals surface area contributed by atoms with Crippen molar-refractivity contribution in [2.24, 2.45) is 0 Å². The third-order valence-corrected chi connectivity index (χ3v) is 5.55. The van der Waals surface area contributed by atoms with Crippen LogP contribution in [0.4, 0.5) is 4.39 Å². The zero-order valence-electron chi connectivity index (χ0n) is 12.8. The molecular weight excluding hydrogens is 351 g/mol. The largest absolute Gasteiger partial charge is 0.269 e. The molecule has 0 saturated heterocycles. The molecule has 7 heteroatoms. The molecule has 3 aromatic rings. The zero-order valence-corrected chi connectivity index (χ0v) is 14.4. The second-order valence-electron chi connectivity index (χ2n) is 5.35.